The Labute approximate surface area is 196 Å². The van der Waals surface area contributed by atoms with Gasteiger partial charge in [-0.2, -0.15) is 0 Å². The molecule has 0 saturated carbocycles. The Morgan fingerprint density at radius 2 is 1.97 bits per heavy atom. The maximum atomic E-state index is 12.8. The minimum atomic E-state index is -0.367. The lowest BCUT2D eigenvalue weighted by atomic mass is 10.1. The van der Waals surface area contributed by atoms with Gasteiger partial charge in [-0.15, -0.1) is 0 Å². The van der Waals surface area contributed by atoms with Crippen molar-refractivity contribution in [1.29, 1.82) is 0 Å². The van der Waals surface area contributed by atoms with Crippen LogP contribution in [0.5, 0.6) is 17.2 Å². The zero-order chi connectivity index (χ0) is 23.1. The van der Waals surface area contributed by atoms with E-state index in [4.69, 9.17) is 25.8 Å². The van der Waals surface area contributed by atoms with E-state index in [2.05, 4.69) is 6.58 Å². The average Bonchev–Trinajstić information content (AvgIpc) is 3.01. The molecule has 8 heteroatoms. The molecule has 0 aromatic heterocycles. The summed E-state index contributed by atoms with van der Waals surface area (Å²) in [5, 5.41) is 0.00555. The Bertz CT molecular complexity index is 1050. The van der Waals surface area contributed by atoms with E-state index >= 15 is 0 Å². The maximum absolute atomic E-state index is 12.8. The van der Waals surface area contributed by atoms with Gasteiger partial charge < -0.3 is 14.2 Å². The lowest BCUT2D eigenvalue weighted by Gasteiger charge is -2.14. The van der Waals surface area contributed by atoms with Crippen LogP contribution in [0, 0.1) is 6.92 Å². The number of halogens is 1. The summed E-state index contributed by atoms with van der Waals surface area (Å²) in [5.41, 5.74) is 1.70. The second-order valence-electron chi connectivity index (χ2n) is 6.86. The quantitative estimate of drug-likeness (QED) is 0.324. The first-order chi connectivity index (χ1) is 15.4. The molecule has 0 atom stereocenters. The number of ether oxygens (including phenoxy) is 3. The summed E-state index contributed by atoms with van der Waals surface area (Å²) in [6.07, 6.45) is 3.23. The van der Waals surface area contributed by atoms with Gasteiger partial charge in [-0.05, 0) is 67.1 Å². The van der Waals surface area contributed by atoms with Gasteiger partial charge >= 0.3 is 0 Å². The number of hydrogen-bond donors (Lipinski definition) is 0. The van der Waals surface area contributed by atoms with Gasteiger partial charge in [0.2, 0.25) is 0 Å². The molecule has 0 radical (unpaired) electrons. The molecule has 3 rings (SSSR count). The van der Waals surface area contributed by atoms with Crippen LogP contribution in [0.15, 0.2) is 54.0 Å². The molecule has 168 valence electrons. The smallest absolute Gasteiger partial charge is 0.293 e. The molecular formula is C24H24ClNO5S. The number of carbonyl (C=O) groups is 2. The van der Waals surface area contributed by atoms with E-state index in [1.165, 1.54) is 4.90 Å². The maximum Gasteiger partial charge on any atom is 0.293 e. The average molecular weight is 474 g/mol. The van der Waals surface area contributed by atoms with Crippen molar-refractivity contribution >= 4 is 40.6 Å². The summed E-state index contributed by atoms with van der Waals surface area (Å²) in [6.45, 7) is 8.52. The van der Waals surface area contributed by atoms with Gasteiger partial charge in [0.1, 0.15) is 19.0 Å². The second kappa shape index (κ2) is 11.1. The number of nitrogens with zero attached hydrogens (tertiary/aromatic N) is 1. The Kier molecular flexibility index (Phi) is 8.25. The van der Waals surface area contributed by atoms with Crippen LogP contribution in [0.4, 0.5) is 4.79 Å². The van der Waals surface area contributed by atoms with Crippen molar-refractivity contribution in [3.8, 4) is 17.2 Å². The second-order valence-corrected chi connectivity index (χ2v) is 8.26. The van der Waals surface area contributed by atoms with Crippen LogP contribution in [-0.2, 0) is 4.79 Å². The Hall–Kier alpha value is -2.90. The predicted molar refractivity (Wildman–Crippen MR) is 128 cm³/mol. The summed E-state index contributed by atoms with van der Waals surface area (Å²) >= 11 is 7.25. The monoisotopic (exact) mass is 473 g/mol. The third-order valence-electron chi connectivity index (χ3n) is 4.42. The summed E-state index contributed by atoms with van der Waals surface area (Å²) in [7, 11) is 0. The molecule has 2 amide bonds. The standard InChI is InChI=1S/C24H24ClNO5S/c1-4-10-31-22-19(25)13-17(14-20(22)29-5-2)15-21-23(27)26(24(28)32-21)9-11-30-18-8-6-7-16(3)12-18/h4,6-8,12-15H,1,5,9-11H2,2-3H3/b21-15-. The minimum Gasteiger partial charge on any atom is -0.492 e. The molecule has 2 aromatic rings. The van der Waals surface area contributed by atoms with Crippen molar-refractivity contribution in [2.75, 3.05) is 26.4 Å². The minimum absolute atomic E-state index is 0.162. The number of rotatable bonds is 10. The van der Waals surface area contributed by atoms with Gasteiger partial charge in [0, 0.05) is 0 Å². The Balaban J connectivity index is 1.72. The van der Waals surface area contributed by atoms with Gasteiger partial charge in [-0.3, -0.25) is 14.5 Å². The molecule has 0 unspecified atom stereocenters. The van der Waals surface area contributed by atoms with Crippen LogP contribution in [-0.4, -0.2) is 42.4 Å². The van der Waals surface area contributed by atoms with Crippen molar-refractivity contribution in [3.05, 3.63) is 70.1 Å². The number of thioether (sulfide) groups is 1. The molecule has 0 bridgehead atoms. The zero-order valence-corrected chi connectivity index (χ0v) is 19.5. The summed E-state index contributed by atoms with van der Waals surface area (Å²) < 4.78 is 16.9. The molecule has 1 aliphatic rings. The van der Waals surface area contributed by atoms with Gasteiger partial charge in [-0.25, -0.2) is 0 Å². The van der Waals surface area contributed by atoms with E-state index in [1.54, 1.807) is 24.3 Å². The van der Waals surface area contributed by atoms with Crippen LogP contribution in [0.1, 0.15) is 18.1 Å². The summed E-state index contributed by atoms with van der Waals surface area (Å²) in [6, 6.07) is 11.0. The lowest BCUT2D eigenvalue weighted by Crippen LogP contribution is -2.32. The highest BCUT2D eigenvalue weighted by molar-refractivity contribution is 8.18. The molecule has 2 aromatic carbocycles. The van der Waals surface area contributed by atoms with Crippen LogP contribution in [0.25, 0.3) is 6.08 Å². The highest BCUT2D eigenvalue weighted by Gasteiger charge is 2.35. The molecular weight excluding hydrogens is 450 g/mol. The third kappa shape index (κ3) is 5.87. The van der Waals surface area contributed by atoms with E-state index in [-0.39, 0.29) is 30.9 Å². The molecule has 0 aliphatic carbocycles. The molecule has 1 fully saturated rings. The molecule has 1 heterocycles. The van der Waals surface area contributed by atoms with E-state index in [9.17, 15) is 9.59 Å². The number of amides is 2. The molecule has 6 nitrogen and oxygen atoms in total. The third-order valence-corrected chi connectivity index (χ3v) is 5.61. The number of carbonyl (C=O) groups excluding carboxylic acids is 2. The topological polar surface area (TPSA) is 65.1 Å². The Morgan fingerprint density at radius 3 is 2.69 bits per heavy atom. The van der Waals surface area contributed by atoms with Crippen molar-refractivity contribution in [3.63, 3.8) is 0 Å². The first kappa shape index (κ1) is 23.8. The molecule has 32 heavy (non-hydrogen) atoms. The number of hydrogen-bond acceptors (Lipinski definition) is 6. The van der Waals surface area contributed by atoms with E-state index in [0.29, 0.717) is 39.3 Å². The Morgan fingerprint density at radius 1 is 1.16 bits per heavy atom. The van der Waals surface area contributed by atoms with Crippen molar-refractivity contribution < 1.29 is 23.8 Å². The first-order valence-corrected chi connectivity index (χ1v) is 11.3. The highest BCUT2D eigenvalue weighted by atomic mass is 35.5. The van der Waals surface area contributed by atoms with E-state index in [0.717, 1.165) is 17.3 Å². The number of imide groups is 1. The van der Waals surface area contributed by atoms with E-state index in [1.807, 2.05) is 38.1 Å². The molecule has 1 aliphatic heterocycles. The SMILES string of the molecule is C=CCOc1c(Cl)cc(/C=C2\SC(=O)N(CCOc3cccc(C)c3)C2=O)cc1OCC. The van der Waals surface area contributed by atoms with Gasteiger partial charge in [-0.1, -0.05) is 36.4 Å². The van der Waals surface area contributed by atoms with Gasteiger partial charge in [0.15, 0.2) is 11.5 Å². The van der Waals surface area contributed by atoms with Crippen molar-refractivity contribution in [2.24, 2.45) is 0 Å². The van der Waals surface area contributed by atoms with Crippen molar-refractivity contribution in [1.82, 2.24) is 4.90 Å². The fourth-order valence-electron chi connectivity index (χ4n) is 3.02. The lowest BCUT2D eigenvalue weighted by molar-refractivity contribution is -0.123. The normalized spacial score (nSPS) is 14.7. The zero-order valence-electron chi connectivity index (χ0n) is 17.9. The number of benzene rings is 2. The van der Waals surface area contributed by atoms with Crippen molar-refractivity contribution in [2.45, 2.75) is 13.8 Å². The first-order valence-electron chi connectivity index (χ1n) is 10.1. The fourth-order valence-corrected chi connectivity index (χ4v) is 4.16. The van der Waals surface area contributed by atoms with Crippen LogP contribution in [0.3, 0.4) is 0 Å². The largest absolute Gasteiger partial charge is 0.492 e. The molecule has 1 saturated heterocycles. The van der Waals surface area contributed by atoms with Gasteiger partial charge in [0.05, 0.1) is 23.1 Å². The predicted octanol–water partition coefficient (Wildman–Crippen LogP) is 5.73. The highest BCUT2D eigenvalue weighted by Crippen LogP contribution is 2.39. The molecule has 0 N–H and O–H groups in total. The summed E-state index contributed by atoms with van der Waals surface area (Å²) in [5.74, 6) is 1.20. The number of aryl methyl sites for hydroxylation is 1. The fraction of sp³-hybridized carbons (Fsp3) is 0.250. The van der Waals surface area contributed by atoms with Crippen LogP contribution in [0.2, 0.25) is 5.02 Å². The molecule has 0 spiro atoms. The van der Waals surface area contributed by atoms with E-state index < -0.39 is 0 Å². The summed E-state index contributed by atoms with van der Waals surface area (Å²) in [4.78, 5) is 26.7. The van der Waals surface area contributed by atoms with Crippen LogP contribution >= 0.6 is 23.4 Å². The van der Waals surface area contributed by atoms with Crippen LogP contribution < -0.4 is 14.2 Å². The van der Waals surface area contributed by atoms with Gasteiger partial charge in [0.25, 0.3) is 11.1 Å².